The molecule has 0 spiro atoms. The molecule has 3 heterocycles. The van der Waals surface area contributed by atoms with E-state index in [1.54, 1.807) is 6.07 Å². The van der Waals surface area contributed by atoms with Crippen molar-refractivity contribution < 1.29 is 4.42 Å². The Morgan fingerprint density at radius 2 is 2.36 bits per heavy atom. The van der Waals surface area contributed by atoms with Gasteiger partial charge in [-0.2, -0.15) is 0 Å². The highest BCUT2D eigenvalue weighted by atomic mass is 32.2. The number of thioether (sulfide) groups is 1. The Kier molecular flexibility index (Phi) is 1.78. The molecule has 0 aliphatic carbocycles. The molecule has 1 saturated heterocycles. The van der Waals surface area contributed by atoms with E-state index in [2.05, 4.69) is 0 Å². The molecule has 0 N–H and O–H groups in total. The lowest BCUT2D eigenvalue weighted by Gasteiger charge is -2.20. The summed E-state index contributed by atoms with van der Waals surface area (Å²) in [6.45, 7) is 1.85. The minimum atomic E-state index is 0.182. The van der Waals surface area contributed by atoms with Crippen LogP contribution < -0.4 is 5.43 Å². The molecule has 2 atom stereocenters. The third-order valence-corrected chi connectivity index (χ3v) is 4.61. The summed E-state index contributed by atoms with van der Waals surface area (Å²) in [6.07, 6.45) is 3.33. The summed E-state index contributed by atoms with van der Waals surface area (Å²) in [5.41, 5.74) is 1.14. The fraction of sp³-hybridized carbons (Fsp3) is 0.545. The second-order valence-electron chi connectivity index (χ2n) is 4.09. The molecule has 0 aromatic carbocycles. The highest BCUT2D eigenvalue weighted by Gasteiger charge is 2.36. The van der Waals surface area contributed by atoms with Gasteiger partial charge in [-0.25, -0.2) is 0 Å². The van der Waals surface area contributed by atoms with Crippen molar-refractivity contribution in [2.75, 3.05) is 0 Å². The van der Waals surface area contributed by atoms with Gasteiger partial charge in [0.15, 0.2) is 5.43 Å². The molecular weight excluding hydrogens is 196 g/mol. The fourth-order valence-corrected chi connectivity index (χ4v) is 4.08. The van der Waals surface area contributed by atoms with Gasteiger partial charge in [0.1, 0.15) is 11.5 Å². The van der Waals surface area contributed by atoms with Crippen LogP contribution in [0.4, 0.5) is 0 Å². The van der Waals surface area contributed by atoms with Crippen LogP contribution in [0, 0.1) is 6.92 Å². The molecule has 0 radical (unpaired) electrons. The zero-order valence-electron chi connectivity index (χ0n) is 8.08. The molecule has 3 rings (SSSR count). The topological polar surface area (TPSA) is 30.2 Å². The van der Waals surface area contributed by atoms with Crippen LogP contribution >= 0.6 is 11.8 Å². The molecule has 14 heavy (non-hydrogen) atoms. The van der Waals surface area contributed by atoms with Crippen LogP contribution in [0.1, 0.15) is 35.2 Å². The summed E-state index contributed by atoms with van der Waals surface area (Å²) in [5.74, 6) is 1.71. The lowest BCUT2D eigenvalue weighted by molar-refractivity contribution is 0.455. The molecule has 3 heteroatoms. The van der Waals surface area contributed by atoms with Gasteiger partial charge in [-0.05, 0) is 19.8 Å². The lowest BCUT2D eigenvalue weighted by atomic mass is 10.1. The summed E-state index contributed by atoms with van der Waals surface area (Å²) in [4.78, 5) is 11.8. The Morgan fingerprint density at radius 3 is 3.21 bits per heavy atom. The predicted octanol–water partition coefficient (Wildman–Crippen LogP) is 2.44. The van der Waals surface area contributed by atoms with E-state index in [4.69, 9.17) is 4.42 Å². The molecule has 1 aromatic heterocycles. The SMILES string of the molecule is Cc1cc(=O)c2c(o1)C[C@H]1CC[C@@H]2S1. The van der Waals surface area contributed by atoms with Crippen molar-refractivity contribution in [3.05, 3.63) is 33.4 Å². The van der Waals surface area contributed by atoms with Crippen molar-refractivity contribution in [3.8, 4) is 0 Å². The lowest BCUT2D eigenvalue weighted by Crippen LogP contribution is -2.18. The minimum absolute atomic E-state index is 0.182. The molecule has 1 aromatic rings. The van der Waals surface area contributed by atoms with Gasteiger partial charge < -0.3 is 4.42 Å². The van der Waals surface area contributed by atoms with Crippen LogP contribution in [0.2, 0.25) is 0 Å². The highest BCUT2D eigenvalue weighted by Crippen LogP contribution is 2.49. The number of hydrogen-bond donors (Lipinski definition) is 0. The van der Waals surface area contributed by atoms with Crippen molar-refractivity contribution in [1.29, 1.82) is 0 Å². The summed E-state index contributed by atoms with van der Waals surface area (Å²) in [6, 6.07) is 1.62. The maximum absolute atomic E-state index is 11.8. The van der Waals surface area contributed by atoms with Crippen molar-refractivity contribution in [1.82, 2.24) is 0 Å². The minimum Gasteiger partial charge on any atom is -0.466 e. The van der Waals surface area contributed by atoms with Crippen LogP contribution in [0.3, 0.4) is 0 Å². The Morgan fingerprint density at radius 1 is 1.50 bits per heavy atom. The van der Waals surface area contributed by atoms with Gasteiger partial charge in [-0.3, -0.25) is 4.79 Å². The van der Waals surface area contributed by atoms with Crippen LogP contribution in [-0.4, -0.2) is 5.25 Å². The van der Waals surface area contributed by atoms with Crippen LogP contribution in [0.25, 0.3) is 0 Å². The maximum Gasteiger partial charge on any atom is 0.189 e. The van der Waals surface area contributed by atoms with Crippen molar-refractivity contribution >= 4 is 11.8 Å². The van der Waals surface area contributed by atoms with Crippen LogP contribution in [0.5, 0.6) is 0 Å². The molecule has 0 amide bonds. The standard InChI is InChI=1S/C11H12O2S/c1-6-4-8(12)11-9(13-6)5-7-2-3-10(11)14-7/h4,7,10H,2-3,5H2,1H3/t7-,10+/m1/s1. The Labute approximate surface area is 86.7 Å². The molecule has 2 aliphatic rings. The summed E-state index contributed by atoms with van der Waals surface area (Å²) < 4.78 is 5.65. The average molecular weight is 208 g/mol. The zero-order valence-corrected chi connectivity index (χ0v) is 8.89. The normalized spacial score (nSPS) is 28.9. The number of hydrogen-bond acceptors (Lipinski definition) is 3. The first-order valence-corrected chi connectivity index (χ1v) is 5.97. The summed E-state index contributed by atoms with van der Waals surface area (Å²) in [5, 5.41) is 1.11. The predicted molar refractivity (Wildman–Crippen MR) is 56.8 cm³/mol. The third kappa shape index (κ3) is 1.15. The molecule has 2 bridgehead atoms. The van der Waals surface area contributed by atoms with E-state index in [9.17, 15) is 4.79 Å². The molecule has 1 fully saturated rings. The van der Waals surface area contributed by atoms with Crippen molar-refractivity contribution in [2.24, 2.45) is 0 Å². The van der Waals surface area contributed by atoms with Gasteiger partial charge in [0, 0.05) is 23.0 Å². The first-order chi connectivity index (χ1) is 6.74. The van der Waals surface area contributed by atoms with E-state index in [1.165, 1.54) is 6.42 Å². The number of rotatable bonds is 0. The van der Waals surface area contributed by atoms with Crippen LogP contribution in [-0.2, 0) is 6.42 Å². The summed E-state index contributed by atoms with van der Waals surface area (Å²) in [7, 11) is 0. The van der Waals surface area contributed by atoms with Crippen LogP contribution in [0.15, 0.2) is 15.3 Å². The number of aryl methyl sites for hydroxylation is 1. The van der Waals surface area contributed by atoms with E-state index < -0.39 is 0 Å². The van der Waals surface area contributed by atoms with E-state index in [0.29, 0.717) is 10.5 Å². The maximum atomic E-state index is 11.8. The second-order valence-corrected chi connectivity index (χ2v) is 5.59. The quantitative estimate of drug-likeness (QED) is 0.656. The number of fused-ring (bicyclic) bond motifs is 4. The third-order valence-electron chi connectivity index (χ3n) is 3.03. The van der Waals surface area contributed by atoms with Gasteiger partial charge in [0.25, 0.3) is 0 Å². The zero-order chi connectivity index (χ0) is 9.71. The first-order valence-electron chi connectivity index (χ1n) is 5.03. The molecule has 74 valence electrons. The van der Waals surface area contributed by atoms with E-state index in [0.717, 1.165) is 29.9 Å². The van der Waals surface area contributed by atoms with Gasteiger partial charge in [0.2, 0.25) is 0 Å². The van der Waals surface area contributed by atoms with Gasteiger partial charge in [-0.1, -0.05) is 0 Å². The molecule has 2 nitrogen and oxygen atoms in total. The van der Waals surface area contributed by atoms with E-state index in [1.807, 2.05) is 18.7 Å². The molecule has 0 saturated carbocycles. The smallest absolute Gasteiger partial charge is 0.189 e. The Bertz CT molecular complexity index is 435. The second kappa shape index (κ2) is 2.89. The fourth-order valence-electron chi connectivity index (χ4n) is 2.44. The Hall–Kier alpha value is -0.700. The van der Waals surface area contributed by atoms with E-state index >= 15 is 0 Å². The van der Waals surface area contributed by atoms with Crippen molar-refractivity contribution in [2.45, 2.75) is 36.7 Å². The van der Waals surface area contributed by atoms with Crippen molar-refractivity contribution in [3.63, 3.8) is 0 Å². The summed E-state index contributed by atoms with van der Waals surface area (Å²) >= 11 is 1.96. The molecule has 2 aliphatic heterocycles. The highest BCUT2D eigenvalue weighted by molar-refractivity contribution is 8.00. The van der Waals surface area contributed by atoms with Gasteiger partial charge in [-0.15, -0.1) is 11.8 Å². The van der Waals surface area contributed by atoms with Gasteiger partial charge >= 0.3 is 0 Å². The Balaban J connectivity index is 2.23. The molecule has 0 unspecified atom stereocenters. The monoisotopic (exact) mass is 208 g/mol. The average Bonchev–Trinajstić information content (AvgIpc) is 2.46. The van der Waals surface area contributed by atoms with Gasteiger partial charge in [0.05, 0.1) is 5.56 Å². The van der Waals surface area contributed by atoms with E-state index in [-0.39, 0.29) is 5.43 Å². The largest absolute Gasteiger partial charge is 0.466 e. The molecular formula is C11H12O2S. The first kappa shape index (κ1) is 8.60.